The number of allylic oxidation sites excluding steroid dienone is 1. The number of rotatable bonds is 3. The van der Waals surface area contributed by atoms with Crippen LogP contribution in [0.5, 0.6) is 0 Å². The van der Waals surface area contributed by atoms with Crippen LogP contribution in [0.1, 0.15) is 11.1 Å². The fraction of sp³-hybridized carbons (Fsp3) is 0.182. The first-order valence-corrected chi connectivity index (χ1v) is 5.24. The summed E-state index contributed by atoms with van der Waals surface area (Å²) in [5.74, 6) is 2.53. The van der Waals surface area contributed by atoms with Gasteiger partial charge in [-0.1, -0.05) is 0 Å². The van der Waals surface area contributed by atoms with Crippen LogP contribution < -0.4 is 5.46 Å². The fourth-order valence-electron chi connectivity index (χ4n) is 1.15. The van der Waals surface area contributed by atoms with Gasteiger partial charge < -0.3 is 0 Å². The molecule has 0 aliphatic rings. The van der Waals surface area contributed by atoms with E-state index in [1.807, 2.05) is 35.9 Å². The molecule has 0 aliphatic heterocycles. The number of halogens is 1. The molecule has 0 aliphatic carbocycles. The Morgan fingerprint density at radius 3 is 2.86 bits per heavy atom. The third-order valence-electron chi connectivity index (χ3n) is 1.98. The van der Waals surface area contributed by atoms with E-state index in [4.69, 9.17) is 3.07 Å². The van der Waals surface area contributed by atoms with E-state index in [0.29, 0.717) is 5.76 Å². The van der Waals surface area contributed by atoms with Gasteiger partial charge >= 0.3 is 99.9 Å². The van der Waals surface area contributed by atoms with E-state index in [9.17, 15) is 0 Å². The van der Waals surface area contributed by atoms with Crippen LogP contribution in [0.15, 0.2) is 30.5 Å². The Morgan fingerprint density at radius 1 is 1.50 bits per heavy atom. The van der Waals surface area contributed by atoms with Crippen molar-refractivity contribution in [3.05, 3.63) is 41.7 Å². The summed E-state index contributed by atoms with van der Waals surface area (Å²) in [6.07, 6.45) is 0. The molecule has 0 aromatic heterocycles. The molecule has 0 bridgehead atoms. The van der Waals surface area contributed by atoms with E-state index >= 15 is 0 Å². The molecule has 1 nitrogen and oxygen atoms in total. The van der Waals surface area contributed by atoms with Crippen molar-refractivity contribution in [3.63, 3.8) is 0 Å². The van der Waals surface area contributed by atoms with Gasteiger partial charge in [-0.05, 0) is 0 Å². The Balaban J connectivity index is 2.90. The summed E-state index contributed by atoms with van der Waals surface area (Å²) in [4.78, 5) is 0. The Labute approximate surface area is 99.8 Å². The minimum absolute atomic E-state index is 0.659. The normalized spacial score (nSPS) is 9.93. The molecular weight excluding hydrogens is 286 g/mol. The van der Waals surface area contributed by atoms with Gasteiger partial charge in [0.25, 0.3) is 0 Å². The van der Waals surface area contributed by atoms with E-state index in [1.54, 1.807) is 0 Å². The summed E-state index contributed by atoms with van der Waals surface area (Å²) in [5.41, 5.74) is 3.73. The minimum atomic E-state index is 0.659. The zero-order chi connectivity index (χ0) is 10.6. The van der Waals surface area contributed by atoms with E-state index in [2.05, 4.69) is 38.6 Å². The Morgan fingerprint density at radius 2 is 2.21 bits per heavy atom. The van der Waals surface area contributed by atoms with Gasteiger partial charge in [-0.25, -0.2) is 0 Å². The molecule has 1 aromatic carbocycles. The van der Waals surface area contributed by atoms with Crippen LogP contribution in [0.4, 0.5) is 0 Å². The summed E-state index contributed by atoms with van der Waals surface area (Å²) in [5, 5.41) is 0. The molecule has 0 fully saturated rings. The molecule has 0 spiro atoms. The molecule has 0 unspecified atom stereocenters. The predicted octanol–water partition coefficient (Wildman–Crippen LogP) is 2.32. The topological polar surface area (TPSA) is 9.23 Å². The number of aryl methyl sites for hydroxylation is 2. The van der Waals surface area contributed by atoms with Crippen LogP contribution in [0.25, 0.3) is 0 Å². The molecule has 0 heterocycles. The SMILES string of the molecule is C=C(C=Bc1cc(C)ccc1C)OI. The molecule has 14 heavy (non-hydrogen) atoms. The van der Waals surface area contributed by atoms with Gasteiger partial charge in [0.15, 0.2) is 0 Å². The van der Waals surface area contributed by atoms with Gasteiger partial charge in [-0.3, -0.25) is 0 Å². The summed E-state index contributed by atoms with van der Waals surface area (Å²) in [7, 11) is 0. The van der Waals surface area contributed by atoms with Crippen LogP contribution in [0.2, 0.25) is 0 Å². The molecule has 3 heteroatoms. The molecular formula is C11H12BIO. The van der Waals surface area contributed by atoms with Crippen LogP contribution in [0, 0.1) is 13.8 Å². The summed E-state index contributed by atoms with van der Waals surface area (Å²) in [6.45, 7) is 9.91. The second-order valence-electron chi connectivity index (χ2n) is 3.24. The molecule has 1 rings (SSSR count). The average Bonchev–Trinajstić information content (AvgIpc) is 2.19. The molecule has 0 saturated carbocycles. The molecule has 0 N–H and O–H groups in total. The van der Waals surface area contributed by atoms with E-state index < -0.39 is 0 Å². The first kappa shape index (κ1) is 11.5. The summed E-state index contributed by atoms with van der Waals surface area (Å²) >= 11 is 1.82. The second kappa shape index (κ2) is 5.34. The van der Waals surface area contributed by atoms with Crippen LogP contribution >= 0.6 is 23.0 Å². The van der Waals surface area contributed by atoms with Gasteiger partial charge in [0.2, 0.25) is 0 Å². The Hall–Kier alpha value is -0.575. The molecule has 0 atom stereocenters. The number of hydrogen-bond acceptors (Lipinski definition) is 1. The summed E-state index contributed by atoms with van der Waals surface area (Å²) in [6, 6.07) is 6.37. The number of benzene rings is 1. The molecule has 1 aromatic rings. The van der Waals surface area contributed by atoms with Gasteiger partial charge in [0.05, 0.1) is 0 Å². The van der Waals surface area contributed by atoms with Crippen molar-refractivity contribution in [1.29, 1.82) is 0 Å². The van der Waals surface area contributed by atoms with Crippen molar-refractivity contribution in [1.82, 2.24) is 0 Å². The van der Waals surface area contributed by atoms with Crippen LogP contribution in [0.3, 0.4) is 0 Å². The Kier molecular flexibility index (Phi) is 4.39. The van der Waals surface area contributed by atoms with E-state index in [1.165, 1.54) is 16.6 Å². The monoisotopic (exact) mass is 298 g/mol. The van der Waals surface area contributed by atoms with Gasteiger partial charge in [-0.2, -0.15) is 0 Å². The quantitative estimate of drug-likeness (QED) is 0.473. The van der Waals surface area contributed by atoms with Gasteiger partial charge in [0.1, 0.15) is 0 Å². The van der Waals surface area contributed by atoms with Crippen molar-refractivity contribution in [2.45, 2.75) is 13.8 Å². The van der Waals surface area contributed by atoms with Crippen LogP contribution in [-0.4, -0.2) is 12.9 Å². The van der Waals surface area contributed by atoms with Crippen molar-refractivity contribution in [2.75, 3.05) is 0 Å². The zero-order valence-electron chi connectivity index (χ0n) is 8.38. The first-order valence-electron chi connectivity index (χ1n) is 4.36. The standard InChI is InChI=1S/C11H12BIO/c1-8-4-5-9(2)11(6-8)12-7-10(3)14-13/h4-7H,3H2,1-2H3. The summed E-state index contributed by atoms with van der Waals surface area (Å²) < 4.78 is 4.93. The zero-order valence-corrected chi connectivity index (χ0v) is 10.5. The molecule has 0 radical (unpaired) electrons. The van der Waals surface area contributed by atoms with Gasteiger partial charge in [-0.15, -0.1) is 0 Å². The average molecular weight is 298 g/mol. The molecule has 72 valence electrons. The van der Waals surface area contributed by atoms with E-state index in [-0.39, 0.29) is 0 Å². The third-order valence-corrected chi connectivity index (χ3v) is 2.55. The van der Waals surface area contributed by atoms with Gasteiger partial charge in [0, 0.05) is 0 Å². The predicted molar refractivity (Wildman–Crippen MR) is 71.6 cm³/mol. The van der Waals surface area contributed by atoms with Crippen molar-refractivity contribution < 1.29 is 3.07 Å². The second-order valence-corrected chi connectivity index (χ2v) is 3.68. The molecule has 0 saturated heterocycles. The fourth-order valence-corrected chi connectivity index (χ4v) is 1.29. The third kappa shape index (κ3) is 3.29. The number of hydrogen-bond donors (Lipinski definition) is 0. The van der Waals surface area contributed by atoms with E-state index in [0.717, 1.165) is 0 Å². The maximum atomic E-state index is 4.93. The maximum absolute atomic E-state index is 4.93. The Bertz CT molecular complexity index is 372. The molecule has 0 amide bonds. The van der Waals surface area contributed by atoms with Crippen molar-refractivity contribution >= 4 is 41.4 Å². The first-order chi connectivity index (χ1) is 6.63. The van der Waals surface area contributed by atoms with Crippen LogP contribution in [-0.2, 0) is 3.07 Å². The van der Waals surface area contributed by atoms with Crippen molar-refractivity contribution in [2.24, 2.45) is 0 Å². The van der Waals surface area contributed by atoms with Crippen molar-refractivity contribution in [3.8, 4) is 0 Å².